The van der Waals surface area contributed by atoms with Crippen LogP contribution in [0.15, 0.2) is 30.3 Å². The number of benzene rings is 2. The number of nitrogens with zero attached hydrogens (tertiary/aromatic N) is 3. The zero-order valence-corrected chi connectivity index (χ0v) is 18.1. The minimum absolute atomic E-state index is 0.163. The molecule has 0 aliphatic heterocycles. The van der Waals surface area contributed by atoms with Gasteiger partial charge in [-0.25, -0.2) is 0 Å². The number of unbranched alkanes of at least 4 members (excludes halogenated alkanes) is 1. The molecule has 0 unspecified atom stereocenters. The molecule has 0 radical (unpaired) electrons. The molecular formula is C22H25ClN4O4. The minimum Gasteiger partial charge on any atom is -0.507 e. The van der Waals surface area contributed by atoms with Gasteiger partial charge < -0.3 is 19.4 Å². The third-order valence-corrected chi connectivity index (χ3v) is 5.03. The predicted molar refractivity (Wildman–Crippen MR) is 117 cm³/mol. The Morgan fingerprint density at radius 3 is 2.65 bits per heavy atom. The van der Waals surface area contributed by atoms with Crippen LogP contribution in [0.2, 0.25) is 5.02 Å². The third-order valence-electron chi connectivity index (χ3n) is 4.72. The van der Waals surface area contributed by atoms with Gasteiger partial charge in [-0.1, -0.05) is 31.0 Å². The van der Waals surface area contributed by atoms with Crippen LogP contribution >= 0.6 is 11.6 Å². The van der Waals surface area contributed by atoms with Crippen molar-refractivity contribution in [3.63, 3.8) is 0 Å². The fourth-order valence-electron chi connectivity index (χ4n) is 3.17. The molecule has 3 rings (SSSR count). The van der Waals surface area contributed by atoms with Gasteiger partial charge in [0.2, 0.25) is 5.82 Å². The van der Waals surface area contributed by atoms with Gasteiger partial charge in [0.05, 0.1) is 18.2 Å². The zero-order chi connectivity index (χ0) is 22.1. The predicted octanol–water partition coefficient (Wildman–Crippen LogP) is 4.16. The van der Waals surface area contributed by atoms with E-state index in [1.807, 2.05) is 19.1 Å². The number of hydrogen-bond acceptors (Lipinski definition) is 7. The highest BCUT2D eigenvalue weighted by molar-refractivity contribution is 6.33. The number of halogens is 1. The molecule has 0 saturated carbocycles. The first-order valence-corrected chi connectivity index (χ1v) is 10.6. The number of carbonyl (C=O) groups is 1. The molecule has 0 saturated heterocycles. The van der Waals surface area contributed by atoms with Crippen LogP contribution in [0.1, 0.15) is 37.3 Å². The largest absolute Gasteiger partial charge is 0.507 e. The van der Waals surface area contributed by atoms with Crippen LogP contribution in [0.5, 0.6) is 17.2 Å². The van der Waals surface area contributed by atoms with Gasteiger partial charge in [-0.2, -0.15) is 5.21 Å². The number of nitrogens with one attached hydrogen (secondary N) is 1. The molecule has 164 valence electrons. The van der Waals surface area contributed by atoms with Gasteiger partial charge in [-0.15, -0.1) is 10.2 Å². The summed E-state index contributed by atoms with van der Waals surface area (Å²) in [6.45, 7) is 3.06. The third kappa shape index (κ3) is 5.95. The molecule has 1 aromatic heterocycles. The number of aldehydes is 1. The average molecular weight is 445 g/mol. The number of carbonyl (C=O) groups excluding carboxylic acids is 1. The minimum atomic E-state index is 0.163. The first-order chi connectivity index (χ1) is 15.1. The summed E-state index contributed by atoms with van der Waals surface area (Å²) >= 11 is 6.27. The van der Waals surface area contributed by atoms with E-state index in [2.05, 4.69) is 20.6 Å². The molecule has 0 fully saturated rings. The topological polar surface area (TPSA) is 110 Å². The van der Waals surface area contributed by atoms with Gasteiger partial charge in [0.15, 0.2) is 0 Å². The summed E-state index contributed by atoms with van der Waals surface area (Å²) < 4.78 is 11.6. The molecule has 0 aliphatic rings. The Hall–Kier alpha value is -3.13. The number of ether oxygens (including phenoxy) is 2. The highest BCUT2D eigenvalue weighted by Gasteiger charge is 2.13. The molecule has 0 bridgehead atoms. The normalized spacial score (nSPS) is 10.8. The maximum atomic E-state index is 10.8. The van der Waals surface area contributed by atoms with Crippen molar-refractivity contribution < 1.29 is 19.4 Å². The lowest BCUT2D eigenvalue weighted by molar-refractivity contribution is -0.107. The van der Waals surface area contributed by atoms with E-state index in [1.165, 1.54) is 0 Å². The van der Waals surface area contributed by atoms with Crippen LogP contribution in [0.4, 0.5) is 0 Å². The SMILES string of the molecule is CCCc1c(OCCCCOc2ccc(-c3nn[nH]n3)c(Cl)c2)ccc(CC=O)c1O. The number of H-pyrrole nitrogens is 1. The molecule has 0 aliphatic carbocycles. The number of aromatic nitrogens is 4. The number of phenols is 1. The molecular weight excluding hydrogens is 420 g/mol. The lowest BCUT2D eigenvalue weighted by atomic mass is 10.0. The summed E-state index contributed by atoms with van der Waals surface area (Å²) in [5.41, 5.74) is 2.07. The van der Waals surface area contributed by atoms with Crippen LogP contribution in [0, 0.1) is 0 Å². The highest BCUT2D eigenvalue weighted by Crippen LogP contribution is 2.33. The van der Waals surface area contributed by atoms with Crippen molar-refractivity contribution in [2.75, 3.05) is 13.2 Å². The fraction of sp³-hybridized carbons (Fsp3) is 0.364. The number of rotatable bonds is 12. The van der Waals surface area contributed by atoms with Crippen molar-refractivity contribution in [3.8, 4) is 28.6 Å². The van der Waals surface area contributed by atoms with Crippen LogP contribution in [-0.4, -0.2) is 45.2 Å². The summed E-state index contributed by atoms with van der Waals surface area (Å²) in [7, 11) is 0. The molecule has 2 aromatic carbocycles. The van der Waals surface area contributed by atoms with Crippen molar-refractivity contribution in [3.05, 3.63) is 46.5 Å². The van der Waals surface area contributed by atoms with Crippen molar-refractivity contribution in [1.82, 2.24) is 20.6 Å². The molecule has 0 spiro atoms. The van der Waals surface area contributed by atoms with Gasteiger partial charge in [-0.3, -0.25) is 0 Å². The van der Waals surface area contributed by atoms with Crippen molar-refractivity contribution in [2.45, 2.75) is 39.0 Å². The first kappa shape index (κ1) is 22.6. The first-order valence-electron chi connectivity index (χ1n) is 10.2. The Kier molecular flexibility index (Phi) is 8.23. The van der Waals surface area contributed by atoms with E-state index in [0.29, 0.717) is 53.1 Å². The number of hydrogen-bond donors (Lipinski definition) is 2. The van der Waals surface area contributed by atoms with Crippen molar-refractivity contribution in [1.29, 1.82) is 0 Å². The van der Waals surface area contributed by atoms with E-state index in [1.54, 1.807) is 18.2 Å². The van der Waals surface area contributed by atoms with Gasteiger partial charge >= 0.3 is 0 Å². The lowest BCUT2D eigenvalue weighted by Crippen LogP contribution is -2.05. The van der Waals surface area contributed by atoms with Gasteiger partial charge in [0, 0.05) is 23.1 Å². The molecule has 2 N–H and O–H groups in total. The smallest absolute Gasteiger partial charge is 0.206 e. The quantitative estimate of drug-likeness (QED) is 0.319. The summed E-state index contributed by atoms with van der Waals surface area (Å²) in [6, 6.07) is 8.90. The van der Waals surface area contributed by atoms with E-state index in [0.717, 1.165) is 31.1 Å². The Labute approximate surface area is 185 Å². The average Bonchev–Trinajstić information content (AvgIpc) is 3.29. The number of aromatic hydroxyl groups is 1. The second kappa shape index (κ2) is 11.3. The van der Waals surface area contributed by atoms with E-state index < -0.39 is 0 Å². The van der Waals surface area contributed by atoms with Gasteiger partial charge in [0.25, 0.3) is 0 Å². The Morgan fingerprint density at radius 2 is 1.97 bits per heavy atom. The standard InChI is InChI=1S/C22H25ClN4O4/c1-2-5-18-20(9-6-15(10-11-28)21(18)29)31-13-4-3-12-30-16-7-8-17(19(23)14-16)22-24-26-27-25-22/h6-9,11,14,29H,2-5,10,12-13H2,1H3,(H,24,25,26,27). The molecule has 9 heteroatoms. The van der Waals surface area contributed by atoms with E-state index in [9.17, 15) is 9.90 Å². The van der Waals surface area contributed by atoms with Crippen LogP contribution in [-0.2, 0) is 17.6 Å². The number of aromatic amines is 1. The number of tetrazole rings is 1. The van der Waals surface area contributed by atoms with Crippen LogP contribution in [0.3, 0.4) is 0 Å². The second-order valence-electron chi connectivity index (χ2n) is 6.95. The monoisotopic (exact) mass is 444 g/mol. The molecule has 0 amide bonds. The van der Waals surface area contributed by atoms with Crippen LogP contribution < -0.4 is 9.47 Å². The molecule has 0 atom stereocenters. The van der Waals surface area contributed by atoms with E-state index in [-0.39, 0.29) is 12.2 Å². The number of phenolic OH excluding ortho intramolecular Hbond substituents is 1. The van der Waals surface area contributed by atoms with E-state index >= 15 is 0 Å². The summed E-state index contributed by atoms with van der Waals surface area (Å²) in [6.07, 6.45) is 4.13. The van der Waals surface area contributed by atoms with Gasteiger partial charge in [-0.05, 0) is 48.7 Å². The highest BCUT2D eigenvalue weighted by atomic mass is 35.5. The van der Waals surface area contributed by atoms with Crippen LogP contribution in [0.25, 0.3) is 11.4 Å². The maximum absolute atomic E-state index is 10.8. The summed E-state index contributed by atoms with van der Waals surface area (Å²) in [4.78, 5) is 10.8. The molecule has 8 nitrogen and oxygen atoms in total. The molecule has 31 heavy (non-hydrogen) atoms. The second-order valence-corrected chi connectivity index (χ2v) is 7.36. The van der Waals surface area contributed by atoms with Crippen molar-refractivity contribution >= 4 is 17.9 Å². The maximum Gasteiger partial charge on any atom is 0.206 e. The Morgan fingerprint density at radius 1 is 1.16 bits per heavy atom. The van der Waals surface area contributed by atoms with Gasteiger partial charge in [0.1, 0.15) is 23.5 Å². The molecule has 1 heterocycles. The van der Waals surface area contributed by atoms with E-state index in [4.69, 9.17) is 21.1 Å². The Balaban J connectivity index is 1.46. The van der Waals surface area contributed by atoms with Crippen molar-refractivity contribution in [2.24, 2.45) is 0 Å². The fourth-order valence-corrected chi connectivity index (χ4v) is 3.42. The zero-order valence-electron chi connectivity index (χ0n) is 17.3. The summed E-state index contributed by atoms with van der Waals surface area (Å²) in [5, 5.41) is 24.7. The molecule has 3 aromatic rings. The Bertz CT molecular complexity index is 995. The summed E-state index contributed by atoms with van der Waals surface area (Å²) in [5.74, 6) is 1.93. The lowest BCUT2D eigenvalue weighted by Gasteiger charge is -2.15.